The molecule has 0 saturated carbocycles. The predicted molar refractivity (Wildman–Crippen MR) is 243 cm³/mol. The van der Waals surface area contributed by atoms with Crippen molar-refractivity contribution in [2.75, 3.05) is 0 Å². The predicted octanol–water partition coefficient (Wildman–Crippen LogP) is 14.9. The molecule has 11 aromatic rings. The molecule has 57 heavy (non-hydrogen) atoms. The summed E-state index contributed by atoms with van der Waals surface area (Å²) in [4.78, 5) is 0. The molecule has 0 amide bonds. The van der Waals surface area contributed by atoms with E-state index in [-0.39, 0.29) is 0 Å². The highest BCUT2D eigenvalue weighted by Gasteiger charge is 2.18. The molecule has 0 atom stereocenters. The fraction of sp³-hybridized carbons (Fsp3) is 0.0545. The van der Waals surface area contributed by atoms with Gasteiger partial charge in [-0.15, -0.1) is 0 Å². The minimum absolute atomic E-state index is 0.964. The Kier molecular flexibility index (Phi) is 7.72. The number of aromatic nitrogens is 2. The Labute approximate surface area is 332 Å². The van der Waals surface area contributed by atoms with Crippen LogP contribution < -0.4 is 0 Å². The van der Waals surface area contributed by atoms with Gasteiger partial charge in [-0.25, -0.2) is 0 Å². The highest BCUT2D eigenvalue weighted by molar-refractivity contribution is 6.13. The van der Waals surface area contributed by atoms with Crippen molar-refractivity contribution in [3.05, 3.63) is 205 Å². The lowest BCUT2D eigenvalue weighted by Crippen LogP contribution is -1.96. The lowest BCUT2D eigenvalue weighted by molar-refractivity contribution is 1.14. The van der Waals surface area contributed by atoms with Gasteiger partial charge in [-0.3, -0.25) is 0 Å². The molecule has 0 N–H and O–H groups in total. The topological polar surface area (TPSA) is 9.86 Å². The minimum Gasteiger partial charge on any atom is -0.309 e. The van der Waals surface area contributed by atoms with Gasteiger partial charge < -0.3 is 9.13 Å². The van der Waals surface area contributed by atoms with E-state index in [9.17, 15) is 0 Å². The van der Waals surface area contributed by atoms with Gasteiger partial charge in [-0.2, -0.15) is 0 Å². The molecule has 2 heterocycles. The molecule has 0 unspecified atom stereocenters. The maximum Gasteiger partial charge on any atom is 0.0547 e. The van der Waals surface area contributed by atoms with E-state index in [0.717, 1.165) is 6.42 Å². The zero-order valence-electron chi connectivity index (χ0n) is 32.1. The highest BCUT2D eigenvalue weighted by atomic mass is 15.0. The molecule has 9 aromatic carbocycles. The summed E-state index contributed by atoms with van der Waals surface area (Å²) in [5, 5.41) is 7.51. The van der Waals surface area contributed by atoms with Crippen LogP contribution in [0.3, 0.4) is 0 Å². The first-order valence-corrected chi connectivity index (χ1v) is 20.0. The molecule has 2 aromatic heterocycles. The van der Waals surface area contributed by atoms with Crippen molar-refractivity contribution in [1.29, 1.82) is 0 Å². The SMILES string of the molecule is CCc1c(-c2ccc3c(-n4c5ccccc5c5cc(-c6ccc7c8ccccc8n(-c8ccccc8)c7c6)ccc54)cccc3c2)cccc1-c1ccccc1C. The van der Waals surface area contributed by atoms with Crippen LogP contribution in [0.2, 0.25) is 0 Å². The van der Waals surface area contributed by atoms with E-state index in [1.165, 1.54) is 110 Å². The molecule has 11 rings (SSSR count). The van der Waals surface area contributed by atoms with E-state index in [1.807, 2.05) is 0 Å². The lowest BCUT2D eigenvalue weighted by atomic mass is 9.88. The van der Waals surface area contributed by atoms with Crippen molar-refractivity contribution in [2.45, 2.75) is 20.3 Å². The smallest absolute Gasteiger partial charge is 0.0547 e. The van der Waals surface area contributed by atoms with Gasteiger partial charge in [0.2, 0.25) is 0 Å². The Hall–Kier alpha value is -7.16. The van der Waals surface area contributed by atoms with Crippen molar-refractivity contribution in [3.63, 3.8) is 0 Å². The average molecular weight is 729 g/mol. The molecule has 0 aliphatic heterocycles. The van der Waals surface area contributed by atoms with Gasteiger partial charge in [0, 0.05) is 32.6 Å². The number of aryl methyl sites for hydroxylation is 1. The third kappa shape index (κ3) is 5.25. The van der Waals surface area contributed by atoms with Crippen LogP contribution >= 0.6 is 0 Å². The Morgan fingerprint density at radius 3 is 1.79 bits per heavy atom. The molecule has 0 spiro atoms. The quantitative estimate of drug-likeness (QED) is 0.161. The molecule has 2 heteroatoms. The molecular formula is C55H40N2. The van der Waals surface area contributed by atoms with Crippen LogP contribution in [-0.4, -0.2) is 9.13 Å². The third-order valence-electron chi connectivity index (χ3n) is 12.1. The van der Waals surface area contributed by atoms with Gasteiger partial charge in [0.1, 0.15) is 0 Å². The maximum atomic E-state index is 2.46. The normalized spacial score (nSPS) is 11.8. The molecular weight excluding hydrogens is 689 g/mol. The van der Waals surface area contributed by atoms with Crippen LogP contribution in [-0.2, 0) is 6.42 Å². The highest BCUT2D eigenvalue weighted by Crippen LogP contribution is 2.41. The van der Waals surface area contributed by atoms with Crippen LogP contribution in [0.1, 0.15) is 18.1 Å². The maximum absolute atomic E-state index is 2.46. The van der Waals surface area contributed by atoms with Gasteiger partial charge in [0.15, 0.2) is 0 Å². The zero-order chi connectivity index (χ0) is 38.0. The summed E-state index contributed by atoms with van der Waals surface area (Å²) in [6.07, 6.45) is 0.964. The minimum atomic E-state index is 0.964. The van der Waals surface area contributed by atoms with Crippen LogP contribution in [0.4, 0.5) is 0 Å². The van der Waals surface area contributed by atoms with E-state index in [4.69, 9.17) is 0 Å². The first-order valence-electron chi connectivity index (χ1n) is 20.0. The second kappa shape index (κ2) is 13.3. The molecule has 270 valence electrons. The summed E-state index contributed by atoms with van der Waals surface area (Å²) < 4.78 is 4.86. The molecule has 0 bridgehead atoms. The van der Waals surface area contributed by atoms with E-state index in [0.29, 0.717) is 0 Å². The molecule has 0 saturated heterocycles. The molecule has 0 aliphatic carbocycles. The Balaban J connectivity index is 1.05. The van der Waals surface area contributed by atoms with Gasteiger partial charge >= 0.3 is 0 Å². The largest absolute Gasteiger partial charge is 0.309 e. The first-order chi connectivity index (χ1) is 28.2. The number of para-hydroxylation sites is 3. The van der Waals surface area contributed by atoms with Gasteiger partial charge in [0.05, 0.1) is 27.8 Å². The van der Waals surface area contributed by atoms with E-state index in [1.54, 1.807) is 0 Å². The Morgan fingerprint density at radius 2 is 0.965 bits per heavy atom. The summed E-state index contributed by atoms with van der Waals surface area (Å²) in [6, 6.07) is 71.5. The van der Waals surface area contributed by atoms with Gasteiger partial charge in [-0.1, -0.05) is 146 Å². The van der Waals surface area contributed by atoms with Crippen LogP contribution in [0.5, 0.6) is 0 Å². The molecule has 0 fully saturated rings. The number of nitrogens with zero attached hydrogens (tertiary/aromatic N) is 2. The van der Waals surface area contributed by atoms with Crippen LogP contribution in [0, 0.1) is 6.92 Å². The molecule has 0 radical (unpaired) electrons. The fourth-order valence-corrected chi connectivity index (χ4v) is 9.41. The fourth-order valence-electron chi connectivity index (χ4n) is 9.41. The third-order valence-corrected chi connectivity index (χ3v) is 12.1. The Bertz CT molecular complexity index is 3340. The zero-order valence-corrected chi connectivity index (χ0v) is 32.1. The van der Waals surface area contributed by atoms with Crippen molar-refractivity contribution in [1.82, 2.24) is 9.13 Å². The summed E-state index contributed by atoms with van der Waals surface area (Å²) in [5.41, 5.74) is 17.5. The number of benzene rings is 9. The van der Waals surface area contributed by atoms with Gasteiger partial charge in [0.25, 0.3) is 0 Å². The number of fused-ring (bicyclic) bond motifs is 7. The van der Waals surface area contributed by atoms with Crippen molar-refractivity contribution < 1.29 is 0 Å². The molecule has 0 aliphatic rings. The van der Waals surface area contributed by atoms with E-state index in [2.05, 4.69) is 217 Å². The number of hydrogen-bond acceptors (Lipinski definition) is 0. The summed E-state index contributed by atoms with van der Waals surface area (Å²) in [6.45, 7) is 4.48. The summed E-state index contributed by atoms with van der Waals surface area (Å²) in [7, 11) is 0. The summed E-state index contributed by atoms with van der Waals surface area (Å²) in [5.74, 6) is 0. The molecule has 2 nitrogen and oxygen atoms in total. The first kappa shape index (κ1) is 33.2. The van der Waals surface area contributed by atoms with Crippen molar-refractivity contribution in [2.24, 2.45) is 0 Å². The Morgan fingerprint density at radius 1 is 0.368 bits per heavy atom. The van der Waals surface area contributed by atoms with E-state index >= 15 is 0 Å². The van der Waals surface area contributed by atoms with Gasteiger partial charge in [-0.05, 0) is 118 Å². The summed E-state index contributed by atoms with van der Waals surface area (Å²) >= 11 is 0. The second-order valence-electron chi connectivity index (χ2n) is 15.2. The standard InChI is InChI=1S/C55H40N2/c1-3-42-44(22-14-23-46(42)43-19-8-7-15-36(43)2)40-28-30-45-39(33-40)16-13-26-51(45)57-53-25-12-10-21-48(53)50-34-37(29-32-54(50)57)38-27-31-49-47-20-9-11-24-52(47)56(55(49)35-38)41-17-5-4-6-18-41/h4-35H,3H2,1-2H3. The van der Waals surface area contributed by atoms with Crippen molar-refractivity contribution >= 4 is 54.4 Å². The number of rotatable bonds is 6. The monoisotopic (exact) mass is 728 g/mol. The van der Waals surface area contributed by atoms with E-state index < -0.39 is 0 Å². The van der Waals surface area contributed by atoms with Crippen LogP contribution in [0.15, 0.2) is 194 Å². The number of hydrogen-bond donors (Lipinski definition) is 0. The lowest BCUT2D eigenvalue weighted by Gasteiger charge is -2.17. The average Bonchev–Trinajstić information content (AvgIpc) is 3.78. The van der Waals surface area contributed by atoms with Crippen molar-refractivity contribution in [3.8, 4) is 44.8 Å². The van der Waals surface area contributed by atoms with Crippen LogP contribution in [0.25, 0.3) is 99.1 Å². The second-order valence-corrected chi connectivity index (χ2v) is 15.2.